The highest BCUT2D eigenvalue weighted by Gasteiger charge is 2.48. The Morgan fingerprint density at radius 3 is 2.28 bits per heavy atom. The van der Waals surface area contributed by atoms with Crippen LogP contribution in [0.4, 0.5) is 5.69 Å². The van der Waals surface area contributed by atoms with Crippen molar-refractivity contribution in [3.63, 3.8) is 0 Å². The number of nitrogens with zero attached hydrogens (tertiary/aromatic N) is 2. The number of carbonyl (C=O) groups excluding carboxylic acids is 1. The van der Waals surface area contributed by atoms with Crippen LogP contribution in [0, 0.1) is 0 Å². The van der Waals surface area contributed by atoms with E-state index in [0.717, 1.165) is 41.7 Å². The minimum absolute atomic E-state index is 0.204. The van der Waals surface area contributed by atoms with Crippen molar-refractivity contribution in [2.45, 2.75) is 57.2 Å². The van der Waals surface area contributed by atoms with E-state index in [-0.39, 0.29) is 11.8 Å². The van der Waals surface area contributed by atoms with Gasteiger partial charge in [0, 0.05) is 51.5 Å². The molecule has 36 heavy (non-hydrogen) atoms. The van der Waals surface area contributed by atoms with Crippen molar-refractivity contribution in [3.05, 3.63) is 101 Å². The van der Waals surface area contributed by atoms with Crippen molar-refractivity contribution in [2.24, 2.45) is 0 Å². The highest BCUT2D eigenvalue weighted by molar-refractivity contribution is 5.87. The molecule has 6 rings (SSSR count). The molecule has 2 fully saturated rings. The summed E-state index contributed by atoms with van der Waals surface area (Å²) in [6.45, 7) is 7.47. The van der Waals surface area contributed by atoms with Gasteiger partial charge in [0.05, 0.1) is 18.5 Å². The van der Waals surface area contributed by atoms with Crippen molar-refractivity contribution in [3.8, 4) is 0 Å². The summed E-state index contributed by atoms with van der Waals surface area (Å²) in [6, 6.07) is 29.1. The van der Waals surface area contributed by atoms with E-state index < -0.39 is 0 Å². The van der Waals surface area contributed by atoms with Crippen LogP contribution in [0.3, 0.4) is 0 Å². The largest absolute Gasteiger partial charge is 0.337 e. The predicted octanol–water partition coefficient (Wildman–Crippen LogP) is 5.25. The molecule has 1 N–H and O–H groups in total. The normalized spacial score (nSPS) is 25.8. The Bertz CT molecular complexity index is 1170. The van der Waals surface area contributed by atoms with Gasteiger partial charge in [-0.05, 0) is 41.7 Å². The molecule has 4 heteroatoms. The Hall–Kier alpha value is -2.95. The van der Waals surface area contributed by atoms with E-state index in [0.29, 0.717) is 18.6 Å². The molecular formula is C32H38N3O+. The molecule has 2 saturated heterocycles. The predicted molar refractivity (Wildman–Crippen MR) is 147 cm³/mol. The van der Waals surface area contributed by atoms with Gasteiger partial charge in [0.1, 0.15) is 11.7 Å². The van der Waals surface area contributed by atoms with Gasteiger partial charge in [-0.3, -0.25) is 9.28 Å². The summed E-state index contributed by atoms with van der Waals surface area (Å²) in [5.74, 6) is -0.0572. The number of fused-ring (bicyclic) bond motifs is 1. The molecule has 0 aliphatic carbocycles. The Kier molecular flexibility index (Phi) is 6.41. The minimum atomic E-state index is -0.262. The topological polar surface area (TPSA) is 32.3 Å². The molecule has 186 valence electrons. The van der Waals surface area contributed by atoms with Gasteiger partial charge in [0.15, 0.2) is 0 Å². The number of rotatable bonds is 5. The molecular weight excluding hydrogens is 442 g/mol. The quantitative estimate of drug-likeness (QED) is 0.506. The average Bonchev–Trinajstić information content (AvgIpc) is 3.60. The average molecular weight is 481 g/mol. The van der Waals surface area contributed by atoms with Crippen LogP contribution in [-0.2, 0) is 17.8 Å². The van der Waals surface area contributed by atoms with Gasteiger partial charge >= 0.3 is 0 Å². The first kappa shape index (κ1) is 23.4. The maximum atomic E-state index is 14.0. The van der Waals surface area contributed by atoms with Crippen LogP contribution in [0.15, 0.2) is 78.9 Å². The van der Waals surface area contributed by atoms with E-state index in [4.69, 9.17) is 0 Å². The van der Waals surface area contributed by atoms with Crippen LogP contribution in [0.25, 0.3) is 0 Å². The molecule has 0 saturated carbocycles. The number of hydrogen-bond donors (Lipinski definition) is 1. The summed E-state index contributed by atoms with van der Waals surface area (Å²) in [5, 5.41) is 3.62. The lowest BCUT2D eigenvalue weighted by molar-refractivity contribution is -0.132. The van der Waals surface area contributed by atoms with Gasteiger partial charge < -0.3 is 10.2 Å². The molecule has 1 unspecified atom stereocenters. The van der Waals surface area contributed by atoms with Gasteiger partial charge in [-0.25, -0.2) is 0 Å². The van der Waals surface area contributed by atoms with Gasteiger partial charge in [-0.15, -0.1) is 0 Å². The molecule has 0 bridgehead atoms. The first-order valence-electron chi connectivity index (χ1n) is 13.8. The van der Waals surface area contributed by atoms with Crippen LogP contribution in [0.5, 0.6) is 0 Å². The van der Waals surface area contributed by atoms with Gasteiger partial charge in [-0.2, -0.15) is 0 Å². The highest BCUT2D eigenvalue weighted by Crippen LogP contribution is 2.41. The maximum Gasteiger partial charge on any atom is 0.234 e. The van der Waals surface area contributed by atoms with E-state index in [1.54, 1.807) is 0 Å². The molecule has 3 aliphatic heterocycles. The molecule has 3 aromatic carbocycles. The van der Waals surface area contributed by atoms with Gasteiger partial charge in [0.2, 0.25) is 5.91 Å². The number of amides is 1. The number of carbonyl (C=O) groups is 1. The number of hydrogen-bond acceptors (Lipinski definition) is 2. The fourth-order valence-corrected chi connectivity index (χ4v) is 7.21. The summed E-state index contributed by atoms with van der Waals surface area (Å²) >= 11 is 0. The highest BCUT2D eigenvalue weighted by atomic mass is 16.2. The fraction of sp³-hybridized carbons (Fsp3) is 0.406. The third-order valence-electron chi connectivity index (χ3n) is 9.13. The summed E-state index contributed by atoms with van der Waals surface area (Å²) in [5.41, 5.74) is 6.38. The molecule has 3 aromatic rings. The zero-order chi connectivity index (χ0) is 24.5. The van der Waals surface area contributed by atoms with Crippen molar-refractivity contribution in [1.82, 2.24) is 14.7 Å². The monoisotopic (exact) mass is 480 g/mol. The second-order valence-electron chi connectivity index (χ2n) is 11.0. The second-order valence-corrected chi connectivity index (χ2v) is 11.0. The van der Waals surface area contributed by atoms with Crippen LogP contribution in [-0.4, -0.2) is 49.1 Å². The van der Waals surface area contributed by atoms with Crippen LogP contribution >= 0.6 is 0 Å². The maximum absolute atomic E-state index is 14.0. The van der Waals surface area contributed by atoms with Crippen molar-refractivity contribution < 1.29 is 4.79 Å². The van der Waals surface area contributed by atoms with Crippen LogP contribution in [0.2, 0.25) is 0 Å². The Morgan fingerprint density at radius 2 is 1.67 bits per heavy atom. The van der Waals surface area contributed by atoms with Crippen molar-refractivity contribution in [2.75, 3.05) is 26.2 Å². The van der Waals surface area contributed by atoms with E-state index >= 15 is 0 Å². The zero-order valence-corrected chi connectivity index (χ0v) is 21.4. The third kappa shape index (κ3) is 4.07. The Morgan fingerprint density at radius 1 is 0.944 bits per heavy atom. The molecule has 3 heterocycles. The molecule has 3 aliphatic rings. The second kappa shape index (κ2) is 9.84. The van der Waals surface area contributed by atoms with E-state index in [9.17, 15) is 4.79 Å². The lowest BCUT2D eigenvalue weighted by Crippen LogP contribution is -2.59. The standard InChI is InChI=1S/C32H38N3O/c1-24-9-8-20-35(24,30-16-18-33-22-30)29-15-14-28-23-34(19-17-27(28)21-29)32(36)31(25-10-4-2-5-11-25)26-12-6-3-7-13-26/h2-7,10-15,21,24,30-31,33H,8-9,16-20,22-23H2,1H3/q+1/t24-,30-,35?/m0/s1. The van der Waals surface area contributed by atoms with Crippen LogP contribution in [0.1, 0.15) is 54.4 Å². The number of likely N-dealkylation sites (tertiary alicyclic amines) is 1. The van der Waals surface area contributed by atoms with E-state index in [1.165, 1.54) is 42.6 Å². The van der Waals surface area contributed by atoms with Crippen molar-refractivity contribution >= 4 is 11.6 Å². The first-order chi connectivity index (χ1) is 17.7. The fourth-order valence-electron chi connectivity index (χ4n) is 7.21. The number of benzene rings is 3. The van der Waals surface area contributed by atoms with E-state index in [1.807, 2.05) is 36.4 Å². The zero-order valence-electron chi connectivity index (χ0n) is 21.4. The number of quaternary nitrogens is 1. The summed E-state index contributed by atoms with van der Waals surface area (Å²) in [7, 11) is 0. The van der Waals surface area contributed by atoms with Gasteiger partial charge in [0.25, 0.3) is 0 Å². The summed E-state index contributed by atoms with van der Waals surface area (Å²) < 4.78 is 1.15. The molecule has 1 amide bonds. The molecule has 4 nitrogen and oxygen atoms in total. The van der Waals surface area contributed by atoms with Crippen LogP contribution < -0.4 is 9.80 Å². The molecule has 0 aromatic heterocycles. The lowest BCUT2D eigenvalue weighted by Gasteiger charge is -2.44. The summed E-state index contributed by atoms with van der Waals surface area (Å²) in [4.78, 5) is 16.0. The molecule has 0 radical (unpaired) electrons. The first-order valence-corrected chi connectivity index (χ1v) is 13.8. The smallest absolute Gasteiger partial charge is 0.234 e. The van der Waals surface area contributed by atoms with Crippen molar-refractivity contribution in [1.29, 1.82) is 0 Å². The Labute approximate surface area is 215 Å². The molecule has 3 atom stereocenters. The minimum Gasteiger partial charge on any atom is -0.337 e. The molecule has 0 spiro atoms. The lowest BCUT2D eigenvalue weighted by atomic mass is 9.88. The van der Waals surface area contributed by atoms with E-state index in [2.05, 4.69) is 59.6 Å². The van der Waals surface area contributed by atoms with Gasteiger partial charge in [-0.1, -0.05) is 66.7 Å². The SMILES string of the molecule is C[C@H]1CCC[N+]1(c1ccc2c(c1)CCN(C(=O)C(c1ccccc1)c1ccccc1)C2)[C@H]1CCNC1. The number of nitrogens with one attached hydrogen (secondary N) is 1. The summed E-state index contributed by atoms with van der Waals surface area (Å²) in [6.07, 6.45) is 4.83. The Balaban J connectivity index is 1.28. The third-order valence-corrected chi connectivity index (χ3v) is 9.13.